The number of ether oxygens (including phenoxy) is 2. The van der Waals surface area contributed by atoms with Gasteiger partial charge in [0.05, 0.1) is 5.69 Å². The third kappa shape index (κ3) is 7.94. The number of nitrogens with one attached hydrogen (secondary N) is 2. The highest BCUT2D eigenvalue weighted by Crippen LogP contribution is 2.16. The van der Waals surface area contributed by atoms with Crippen LogP contribution in [0.1, 0.15) is 11.1 Å². The average molecular weight is 482 g/mol. The molecule has 158 valence electrons. The molecule has 0 aliphatic carbocycles. The molecule has 0 bridgehead atoms. The molecule has 31 heavy (non-hydrogen) atoms. The number of amides is 2. The third-order valence-corrected chi connectivity index (χ3v) is 4.46. The van der Waals surface area contributed by atoms with Gasteiger partial charge in [0.15, 0.2) is 0 Å². The second-order valence-corrected chi connectivity index (χ2v) is 7.23. The molecule has 3 aromatic rings. The summed E-state index contributed by atoms with van der Waals surface area (Å²) in [6, 6.07) is 25.5. The number of nitrogens with zero attached hydrogens (tertiary/aromatic N) is 1. The van der Waals surface area contributed by atoms with E-state index in [2.05, 4.69) is 31.6 Å². The molecule has 0 unspecified atom stereocenters. The Balaban J connectivity index is 1.63. The molecule has 3 rings (SSSR count). The molecule has 2 amide bonds. The second-order valence-electron chi connectivity index (χ2n) is 6.31. The predicted octanol–water partition coefficient (Wildman–Crippen LogP) is 5.29. The average Bonchev–Trinajstić information content (AvgIpc) is 2.79. The topological polar surface area (TPSA) is 89.0 Å². The van der Waals surface area contributed by atoms with Gasteiger partial charge in [-0.1, -0.05) is 76.6 Å². The van der Waals surface area contributed by atoms with Crippen molar-refractivity contribution in [3.05, 3.63) is 101 Å². The lowest BCUT2D eigenvalue weighted by Crippen LogP contribution is -2.44. The summed E-state index contributed by atoms with van der Waals surface area (Å²) < 4.78 is 11.3. The van der Waals surface area contributed by atoms with Crippen molar-refractivity contribution in [3.8, 4) is 0 Å². The summed E-state index contributed by atoms with van der Waals surface area (Å²) >= 11 is 3.35. The zero-order valence-electron chi connectivity index (χ0n) is 16.5. The molecule has 0 fully saturated rings. The SMILES string of the molecule is O=C(NC(=Nc1ccc(Br)cc1)NC(=O)OCc1ccccc1)OCc1ccccc1. The number of guanidine groups is 1. The van der Waals surface area contributed by atoms with Crippen LogP contribution < -0.4 is 10.6 Å². The smallest absolute Gasteiger partial charge is 0.414 e. The minimum atomic E-state index is -0.761. The van der Waals surface area contributed by atoms with Crippen LogP contribution in [0.25, 0.3) is 0 Å². The van der Waals surface area contributed by atoms with Gasteiger partial charge in [0, 0.05) is 4.47 Å². The van der Waals surface area contributed by atoms with E-state index < -0.39 is 12.2 Å². The Kier molecular flexibility index (Phi) is 8.19. The standard InChI is InChI=1S/C23H20BrN3O4/c24-19-11-13-20(14-12-19)25-21(26-22(28)30-15-17-7-3-1-4-8-17)27-23(29)31-16-18-9-5-2-6-10-18/h1-14H,15-16H2,(H2,25,26,27,28,29). The highest BCUT2D eigenvalue weighted by atomic mass is 79.9. The summed E-state index contributed by atoms with van der Waals surface area (Å²) in [5, 5.41) is 4.89. The minimum Gasteiger partial charge on any atom is -0.444 e. The molecule has 0 aliphatic rings. The largest absolute Gasteiger partial charge is 0.444 e. The highest BCUT2D eigenvalue weighted by Gasteiger charge is 2.13. The van der Waals surface area contributed by atoms with E-state index >= 15 is 0 Å². The molecule has 0 aromatic heterocycles. The highest BCUT2D eigenvalue weighted by molar-refractivity contribution is 9.10. The van der Waals surface area contributed by atoms with Crippen molar-refractivity contribution in [2.75, 3.05) is 0 Å². The number of carbonyl (C=O) groups excluding carboxylic acids is 2. The van der Waals surface area contributed by atoms with Gasteiger partial charge in [-0.15, -0.1) is 0 Å². The first-order valence-electron chi connectivity index (χ1n) is 9.38. The van der Waals surface area contributed by atoms with Crippen LogP contribution in [0.5, 0.6) is 0 Å². The molecule has 0 spiro atoms. The predicted molar refractivity (Wildman–Crippen MR) is 121 cm³/mol. The Labute approximate surface area is 188 Å². The van der Waals surface area contributed by atoms with E-state index in [9.17, 15) is 9.59 Å². The maximum atomic E-state index is 12.2. The second kappa shape index (κ2) is 11.5. The van der Waals surface area contributed by atoms with E-state index in [-0.39, 0.29) is 19.2 Å². The van der Waals surface area contributed by atoms with Crippen LogP contribution in [0, 0.1) is 0 Å². The summed E-state index contributed by atoms with van der Waals surface area (Å²) in [5.41, 5.74) is 2.18. The molecular weight excluding hydrogens is 462 g/mol. The van der Waals surface area contributed by atoms with Crippen molar-refractivity contribution in [1.29, 1.82) is 0 Å². The van der Waals surface area contributed by atoms with Gasteiger partial charge in [0.1, 0.15) is 13.2 Å². The van der Waals surface area contributed by atoms with Crippen LogP contribution in [-0.2, 0) is 22.7 Å². The Morgan fingerprint density at radius 2 is 1.16 bits per heavy atom. The number of rotatable bonds is 5. The fourth-order valence-electron chi connectivity index (χ4n) is 2.44. The van der Waals surface area contributed by atoms with Gasteiger partial charge in [0.2, 0.25) is 5.96 Å². The molecular formula is C23H20BrN3O4. The molecule has 0 saturated heterocycles. The molecule has 0 atom stereocenters. The van der Waals surface area contributed by atoms with Crippen LogP contribution >= 0.6 is 15.9 Å². The number of halogens is 1. The van der Waals surface area contributed by atoms with Gasteiger partial charge < -0.3 is 9.47 Å². The van der Waals surface area contributed by atoms with Crippen molar-refractivity contribution in [3.63, 3.8) is 0 Å². The van der Waals surface area contributed by atoms with Gasteiger partial charge in [-0.05, 0) is 35.4 Å². The lowest BCUT2D eigenvalue weighted by Gasteiger charge is -2.12. The van der Waals surface area contributed by atoms with Crippen molar-refractivity contribution in [2.24, 2.45) is 4.99 Å². The quantitative estimate of drug-likeness (QED) is 0.382. The van der Waals surface area contributed by atoms with E-state index in [0.29, 0.717) is 5.69 Å². The number of alkyl carbamates (subject to hydrolysis) is 2. The Morgan fingerprint density at radius 1 is 0.710 bits per heavy atom. The number of hydrogen-bond donors (Lipinski definition) is 2. The molecule has 2 N–H and O–H groups in total. The van der Waals surface area contributed by atoms with E-state index in [4.69, 9.17) is 9.47 Å². The summed E-state index contributed by atoms with van der Waals surface area (Å²) in [6.07, 6.45) is -1.52. The van der Waals surface area contributed by atoms with E-state index in [1.807, 2.05) is 60.7 Å². The number of carbonyl (C=O) groups is 2. The zero-order valence-corrected chi connectivity index (χ0v) is 18.0. The van der Waals surface area contributed by atoms with Crippen LogP contribution in [0.3, 0.4) is 0 Å². The van der Waals surface area contributed by atoms with Gasteiger partial charge in [-0.2, -0.15) is 0 Å². The first kappa shape index (κ1) is 22.0. The van der Waals surface area contributed by atoms with E-state index in [1.165, 1.54) is 0 Å². The lowest BCUT2D eigenvalue weighted by atomic mass is 10.2. The maximum absolute atomic E-state index is 12.2. The van der Waals surface area contributed by atoms with E-state index in [1.54, 1.807) is 24.3 Å². The first-order valence-corrected chi connectivity index (χ1v) is 10.2. The molecule has 0 heterocycles. The summed E-state index contributed by atoms with van der Waals surface area (Å²) in [7, 11) is 0. The Bertz CT molecular complexity index is 966. The van der Waals surface area contributed by atoms with Crippen molar-refractivity contribution in [1.82, 2.24) is 10.6 Å². The number of aliphatic imine (C=N–C) groups is 1. The summed E-state index contributed by atoms with van der Waals surface area (Å²) in [5.74, 6) is -0.113. The fraction of sp³-hybridized carbons (Fsp3) is 0.0870. The van der Waals surface area contributed by atoms with Gasteiger partial charge in [0.25, 0.3) is 0 Å². The van der Waals surface area contributed by atoms with Crippen molar-refractivity contribution in [2.45, 2.75) is 13.2 Å². The monoisotopic (exact) mass is 481 g/mol. The summed E-state index contributed by atoms with van der Waals surface area (Å²) in [6.45, 7) is 0.160. The van der Waals surface area contributed by atoms with Gasteiger partial charge in [-0.3, -0.25) is 10.6 Å². The molecule has 0 saturated carbocycles. The molecule has 0 radical (unpaired) electrons. The molecule has 7 nitrogen and oxygen atoms in total. The van der Waals surface area contributed by atoms with E-state index in [0.717, 1.165) is 15.6 Å². The maximum Gasteiger partial charge on any atom is 0.414 e. The molecule has 0 aliphatic heterocycles. The number of benzene rings is 3. The Morgan fingerprint density at radius 3 is 1.61 bits per heavy atom. The van der Waals surface area contributed by atoms with Crippen molar-refractivity contribution >= 4 is 39.8 Å². The van der Waals surface area contributed by atoms with Crippen LogP contribution in [0.4, 0.5) is 15.3 Å². The molecule has 8 heteroatoms. The first-order chi connectivity index (χ1) is 15.1. The minimum absolute atomic E-state index is 0.0801. The zero-order chi connectivity index (χ0) is 21.9. The lowest BCUT2D eigenvalue weighted by molar-refractivity contribution is 0.141. The normalized spacial score (nSPS) is 9.97. The number of hydrogen-bond acceptors (Lipinski definition) is 5. The van der Waals surface area contributed by atoms with Crippen LogP contribution in [-0.4, -0.2) is 18.1 Å². The fourth-order valence-corrected chi connectivity index (χ4v) is 2.71. The van der Waals surface area contributed by atoms with Crippen molar-refractivity contribution < 1.29 is 19.1 Å². The molecule has 3 aromatic carbocycles. The van der Waals surface area contributed by atoms with Gasteiger partial charge >= 0.3 is 12.2 Å². The van der Waals surface area contributed by atoms with Crippen LogP contribution in [0.2, 0.25) is 0 Å². The third-order valence-electron chi connectivity index (χ3n) is 3.93. The van der Waals surface area contributed by atoms with Crippen LogP contribution in [0.15, 0.2) is 94.4 Å². The Hall–Kier alpha value is -3.65. The van der Waals surface area contributed by atoms with Gasteiger partial charge in [-0.25, -0.2) is 14.6 Å². The summed E-state index contributed by atoms with van der Waals surface area (Å²) in [4.78, 5) is 28.7.